The van der Waals surface area contributed by atoms with Crippen LogP contribution in [-0.4, -0.2) is 39.0 Å². The average Bonchev–Trinajstić information content (AvgIpc) is 2.75. The summed E-state index contributed by atoms with van der Waals surface area (Å²) in [4.78, 5) is 15.1. The minimum atomic E-state index is -4.43. The molecule has 9 heteroatoms. The third-order valence-corrected chi connectivity index (χ3v) is 3.39. The first-order valence-electron chi connectivity index (χ1n) is 5.89. The molecular formula is C12H11F3N2O3S. The number of ether oxygens (including phenoxy) is 1. The van der Waals surface area contributed by atoms with E-state index in [2.05, 4.69) is 9.72 Å². The van der Waals surface area contributed by atoms with Gasteiger partial charge in [-0.05, 0) is 11.8 Å². The Labute approximate surface area is 121 Å². The van der Waals surface area contributed by atoms with Crippen molar-refractivity contribution in [2.24, 2.45) is 0 Å². The molecule has 0 bridgehead atoms. The minimum Gasteiger partial charge on any atom is -0.484 e. The van der Waals surface area contributed by atoms with Gasteiger partial charge in [-0.3, -0.25) is 4.40 Å². The highest BCUT2D eigenvalue weighted by Gasteiger charge is 2.28. The number of nitrogens with zero attached hydrogens (tertiary/aromatic N) is 2. The second-order valence-corrected chi connectivity index (χ2v) is 5.25. The predicted octanol–water partition coefficient (Wildman–Crippen LogP) is 3.09. The number of pyridine rings is 1. The summed E-state index contributed by atoms with van der Waals surface area (Å²) in [5.41, 5.74) is 0.0952. The number of imidazole rings is 1. The molecule has 0 aliphatic heterocycles. The van der Waals surface area contributed by atoms with E-state index in [0.29, 0.717) is 10.8 Å². The quantitative estimate of drug-likeness (QED) is 0.858. The lowest BCUT2D eigenvalue weighted by molar-refractivity contribution is -0.153. The van der Waals surface area contributed by atoms with Gasteiger partial charge in [0.1, 0.15) is 16.4 Å². The molecule has 0 saturated heterocycles. The number of aromatic carboxylic acids is 1. The van der Waals surface area contributed by atoms with Crippen LogP contribution in [0.4, 0.5) is 13.2 Å². The highest BCUT2D eigenvalue weighted by Crippen LogP contribution is 2.27. The number of carbonyl (C=O) groups is 1. The van der Waals surface area contributed by atoms with Crippen LogP contribution in [0.15, 0.2) is 23.4 Å². The molecule has 2 aromatic heterocycles. The topological polar surface area (TPSA) is 63.8 Å². The van der Waals surface area contributed by atoms with Gasteiger partial charge < -0.3 is 9.84 Å². The zero-order valence-corrected chi connectivity index (χ0v) is 11.7. The van der Waals surface area contributed by atoms with Gasteiger partial charge in [0.15, 0.2) is 12.3 Å². The van der Waals surface area contributed by atoms with Crippen molar-refractivity contribution >= 4 is 23.4 Å². The third kappa shape index (κ3) is 3.60. The van der Waals surface area contributed by atoms with Crippen molar-refractivity contribution < 1.29 is 27.8 Å². The molecule has 0 amide bonds. The van der Waals surface area contributed by atoms with Gasteiger partial charge in [-0.25, -0.2) is 9.78 Å². The lowest BCUT2D eigenvalue weighted by Crippen LogP contribution is -2.19. The molecule has 21 heavy (non-hydrogen) atoms. The highest BCUT2D eigenvalue weighted by molar-refractivity contribution is 7.99. The zero-order valence-electron chi connectivity index (χ0n) is 10.8. The van der Waals surface area contributed by atoms with Gasteiger partial charge in [0, 0.05) is 12.3 Å². The van der Waals surface area contributed by atoms with E-state index >= 15 is 0 Å². The first-order valence-corrected chi connectivity index (χ1v) is 6.88. The monoisotopic (exact) mass is 320 g/mol. The molecule has 0 aliphatic carbocycles. The molecule has 5 nitrogen and oxygen atoms in total. The number of hydrogen-bond donors (Lipinski definition) is 1. The zero-order chi connectivity index (χ0) is 15.6. The van der Waals surface area contributed by atoms with Crippen molar-refractivity contribution in [2.75, 3.05) is 12.4 Å². The van der Waals surface area contributed by atoms with Gasteiger partial charge in [-0.15, -0.1) is 11.8 Å². The van der Waals surface area contributed by atoms with Crippen molar-refractivity contribution in [3.8, 4) is 5.75 Å². The number of alkyl halides is 3. The normalized spacial score (nSPS) is 11.8. The van der Waals surface area contributed by atoms with Crippen LogP contribution in [0.25, 0.3) is 5.65 Å². The standard InChI is InChI=1S/C12H11F3N2O3S/c1-2-21-10-9(11(18)19)16-8-5-7(3-4-17(8)10)20-6-12(13,14)15/h3-5H,2,6H2,1H3,(H,18,19). The number of hydrogen-bond acceptors (Lipinski definition) is 4. The molecule has 0 radical (unpaired) electrons. The molecule has 0 atom stereocenters. The number of aromatic nitrogens is 2. The van der Waals surface area contributed by atoms with E-state index in [0.717, 1.165) is 0 Å². The SMILES string of the molecule is CCSc1c(C(=O)O)nc2cc(OCC(F)(F)F)ccn12. The number of carboxylic acid groups (broad SMARTS) is 1. The molecule has 1 N–H and O–H groups in total. The van der Waals surface area contributed by atoms with Gasteiger partial charge in [0.25, 0.3) is 0 Å². The molecule has 2 rings (SSSR count). The first kappa shape index (κ1) is 15.5. The fourth-order valence-corrected chi connectivity index (χ4v) is 2.51. The summed E-state index contributed by atoms with van der Waals surface area (Å²) < 4.78 is 42.4. The van der Waals surface area contributed by atoms with Gasteiger partial charge >= 0.3 is 12.1 Å². The molecule has 0 spiro atoms. The van der Waals surface area contributed by atoms with Crippen molar-refractivity contribution in [2.45, 2.75) is 18.1 Å². The van der Waals surface area contributed by atoms with E-state index in [1.807, 2.05) is 6.92 Å². The fourth-order valence-electron chi connectivity index (χ4n) is 1.67. The van der Waals surface area contributed by atoms with E-state index in [4.69, 9.17) is 5.11 Å². The predicted molar refractivity (Wildman–Crippen MR) is 70.1 cm³/mol. The van der Waals surface area contributed by atoms with Crippen LogP contribution < -0.4 is 4.74 Å². The smallest absolute Gasteiger partial charge is 0.422 e. The van der Waals surface area contributed by atoms with Gasteiger partial charge in [0.2, 0.25) is 0 Å². The van der Waals surface area contributed by atoms with Crippen molar-refractivity contribution in [1.29, 1.82) is 0 Å². The third-order valence-electron chi connectivity index (χ3n) is 2.44. The molecule has 0 aliphatic rings. The molecule has 2 aromatic rings. The molecular weight excluding hydrogens is 309 g/mol. The summed E-state index contributed by atoms with van der Waals surface area (Å²) in [6.45, 7) is 0.447. The van der Waals surface area contributed by atoms with Crippen LogP contribution in [0.2, 0.25) is 0 Å². The number of fused-ring (bicyclic) bond motifs is 1. The average molecular weight is 320 g/mol. The number of halogens is 3. The van der Waals surface area contributed by atoms with E-state index in [9.17, 15) is 18.0 Å². The van der Waals surface area contributed by atoms with E-state index in [1.54, 1.807) is 0 Å². The number of carboxylic acids is 1. The van der Waals surface area contributed by atoms with Gasteiger partial charge in [0.05, 0.1) is 0 Å². The van der Waals surface area contributed by atoms with Gasteiger partial charge in [-0.1, -0.05) is 6.92 Å². The molecule has 0 fully saturated rings. The Kier molecular flexibility index (Phi) is 4.31. The molecule has 2 heterocycles. The van der Waals surface area contributed by atoms with E-state index in [-0.39, 0.29) is 17.1 Å². The van der Waals surface area contributed by atoms with Crippen molar-refractivity contribution in [3.05, 3.63) is 24.0 Å². The maximum absolute atomic E-state index is 12.1. The van der Waals surface area contributed by atoms with E-state index in [1.165, 1.54) is 34.5 Å². The second-order valence-electron chi connectivity index (χ2n) is 4.00. The minimum absolute atomic E-state index is 0.0187. The van der Waals surface area contributed by atoms with Crippen molar-refractivity contribution in [1.82, 2.24) is 9.38 Å². The number of thioether (sulfide) groups is 1. The highest BCUT2D eigenvalue weighted by atomic mass is 32.2. The van der Waals surface area contributed by atoms with Crippen LogP contribution in [0.1, 0.15) is 17.4 Å². The fraction of sp³-hybridized carbons (Fsp3) is 0.333. The van der Waals surface area contributed by atoms with Gasteiger partial charge in [-0.2, -0.15) is 13.2 Å². The lowest BCUT2D eigenvalue weighted by atomic mass is 10.4. The van der Waals surface area contributed by atoms with Crippen LogP contribution >= 0.6 is 11.8 Å². The van der Waals surface area contributed by atoms with Crippen LogP contribution in [0.5, 0.6) is 5.75 Å². The first-order chi connectivity index (χ1) is 9.81. The Balaban J connectivity index is 2.37. The summed E-state index contributed by atoms with van der Waals surface area (Å²) in [7, 11) is 0. The second kappa shape index (κ2) is 5.84. The summed E-state index contributed by atoms with van der Waals surface area (Å²) in [6, 6.07) is 2.61. The molecule has 0 unspecified atom stereocenters. The summed E-state index contributed by atoms with van der Waals surface area (Å²) in [6.07, 6.45) is -2.99. The van der Waals surface area contributed by atoms with Crippen LogP contribution in [-0.2, 0) is 0 Å². The Hall–Kier alpha value is -1.90. The Morgan fingerprint density at radius 1 is 1.52 bits per heavy atom. The summed E-state index contributed by atoms with van der Waals surface area (Å²) >= 11 is 1.29. The number of rotatable bonds is 5. The maximum atomic E-state index is 12.1. The Morgan fingerprint density at radius 2 is 2.24 bits per heavy atom. The Bertz CT molecular complexity index is 670. The summed E-state index contributed by atoms with van der Waals surface area (Å²) in [5.74, 6) is -0.567. The lowest BCUT2D eigenvalue weighted by Gasteiger charge is -2.09. The van der Waals surface area contributed by atoms with Crippen molar-refractivity contribution in [3.63, 3.8) is 0 Å². The maximum Gasteiger partial charge on any atom is 0.422 e. The van der Waals surface area contributed by atoms with Crippen LogP contribution in [0.3, 0.4) is 0 Å². The van der Waals surface area contributed by atoms with E-state index < -0.39 is 18.8 Å². The van der Waals surface area contributed by atoms with Crippen LogP contribution in [0, 0.1) is 0 Å². The molecule has 0 saturated carbocycles. The molecule has 0 aromatic carbocycles. The Morgan fingerprint density at radius 3 is 2.81 bits per heavy atom. The largest absolute Gasteiger partial charge is 0.484 e. The summed E-state index contributed by atoms with van der Waals surface area (Å²) in [5, 5.41) is 9.54. The molecule has 114 valence electrons.